The maximum absolute atomic E-state index is 13.4. The molecule has 0 radical (unpaired) electrons. The lowest BCUT2D eigenvalue weighted by Gasteiger charge is -2.25. The van der Waals surface area contributed by atoms with Crippen LogP contribution in [0.5, 0.6) is 11.5 Å². The number of hydrogen-bond acceptors (Lipinski definition) is 7. The first-order chi connectivity index (χ1) is 16.5. The van der Waals surface area contributed by atoms with Gasteiger partial charge < -0.3 is 14.2 Å². The van der Waals surface area contributed by atoms with Crippen LogP contribution in [0.1, 0.15) is 50.3 Å². The number of thioether (sulfide) groups is 1. The maximum atomic E-state index is 13.4. The molecule has 2 aromatic rings. The van der Waals surface area contributed by atoms with Crippen LogP contribution in [0.2, 0.25) is 0 Å². The van der Waals surface area contributed by atoms with E-state index < -0.39 is 12.0 Å². The van der Waals surface area contributed by atoms with Crippen LogP contribution in [0.25, 0.3) is 6.08 Å². The number of carbonyl (C=O) groups excluding carboxylic acids is 2. The monoisotopic (exact) mass is 499 g/mol. The molecule has 0 saturated carbocycles. The van der Waals surface area contributed by atoms with E-state index in [-0.39, 0.29) is 12.5 Å². The molecule has 1 atom stereocenters. The van der Waals surface area contributed by atoms with E-state index in [4.69, 9.17) is 26.4 Å². The van der Waals surface area contributed by atoms with Crippen molar-refractivity contribution in [1.82, 2.24) is 4.90 Å². The Kier molecular flexibility index (Phi) is 9.53. The predicted molar refractivity (Wildman–Crippen MR) is 139 cm³/mol. The van der Waals surface area contributed by atoms with Gasteiger partial charge in [-0.25, -0.2) is 4.79 Å². The molecule has 0 aromatic heterocycles. The molecule has 8 heteroatoms. The summed E-state index contributed by atoms with van der Waals surface area (Å²) in [7, 11) is 1.58. The van der Waals surface area contributed by atoms with Gasteiger partial charge in [0.05, 0.1) is 25.2 Å². The molecule has 1 amide bonds. The molecule has 0 aliphatic carbocycles. The summed E-state index contributed by atoms with van der Waals surface area (Å²) >= 11 is 6.67. The molecular weight excluding hydrogens is 470 g/mol. The fraction of sp³-hybridized carbons (Fsp3) is 0.346. The third kappa shape index (κ3) is 6.18. The van der Waals surface area contributed by atoms with Crippen molar-refractivity contribution in [2.75, 3.05) is 20.3 Å². The minimum absolute atomic E-state index is 0.208. The van der Waals surface area contributed by atoms with Gasteiger partial charge in [0.1, 0.15) is 4.32 Å². The van der Waals surface area contributed by atoms with E-state index in [9.17, 15) is 9.59 Å². The summed E-state index contributed by atoms with van der Waals surface area (Å²) in [6.45, 7) is 4.71. The van der Waals surface area contributed by atoms with Crippen molar-refractivity contribution >= 4 is 46.3 Å². The predicted octanol–water partition coefficient (Wildman–Crippen LogP) is 5.77. The van der Waals surface area contributed by atoms with Crippen LogP contribution >= 0.6 is 24.0 Å². The maximum Gasteiger partial charge on any atom is 0.333 e. The van der Waals surface area contributed by atoms with Crippen molar-refractivity contribution in [3.63, 3.8) is 0 Å². The largest absolute Gasteiger partial charge is 0.493 e. The van der Waals surface area contributed by atoms with Gasteiger partial charge >= 0.3 is 5.97 Å². The van der Waals surface area contributed by atoms with Gasteiger partial charge in [-0.05, 0) is 42.7 Å². The van der Waals surface area contributed by atoms with Gasteiger partial charge in [0, 0.05) is 0 Å². The fourth-order valence-corrected chi connectivity index (χ4v) is 4.84. The second kappa shape index (κ2) is 12.6. The molecule has 3 rings (SSSR count). The smallest absolute Gasteiger partial charge is 0.333 e. The number of hydrogen-bond donors (Lipinski definition) is 0. The summed E-state index contributed by atoms with van der Waals surface area (Å²) in [5.41, 5.74) is 1.41. The number of benzene rings is 2. The van der Waals surface area contributed by atoms with Gasteiger partial charge in [-0.1, -0.05) is 80.1 Å². The van der Waals surface area contributed by atoms with Crippen LogP contribution in [0.4, 0.5) is 0 Å². The third-order valence-electron chi connectivity index (χ3n) is 5.20. The number of carbonyl (C=O) groups is 2. The van der Waals surface area contributed by atoms with Gasteiger partial charge in [-0.15, -0.1) is 0 Å². The molecule has 0 bridgehead atoms. The zero-order valence-electron chi connectivity index (χ0n) is 19.6. The second-order valence-corrected chi connectivity index (χ2v) is 9.26. The van der Waals surface area contributed by atoms with Gasteiger partial charge in [0.2, 0.25) is 0 Å². The topological polar surface area (TPSA) is 65.1 Å². The number of unbranched alkanes of at least 4 members (excludes halogenated alkanes) is 2. The lowest BCUT2D eigenvalue weighted by Crippen LogP contribution is -2.38. The Morgan fingerprint density at radius 1 is 1.12 bits per heavy atom. The molecule has 1 heterocycles. The first-order valence-corrected chi connectivity index (χ1v) is 12.5. The highest BCUT2D eigenvalue weighted by molar-refractivity contribution is 8.26. The number of nitrogens with zero attached hydrogens (tertiary/aromatic N) is 1. The van der Waals surface area contributed by atoms with Crippen molar-refractivity contribution in [3.8, 4) is 11.5 Å². The Morgan fingerprint density at radius 2 is 1.88 bits per heavy atom. The highest BCUT2D eigenvalue weighted by Crippen LogP contribution is 2.39. The molecule has 1 aliphatic heterocycles. The number of esters is 1. The highest BCUT2D eigenvalue weighted by Gasteiger charge is 2.42. The first-order valence-electron chi connectivity index (χ1n) is 11.3. The van der Waals surface area contributed by atoms with Crippen LogP contribution in [0.15, 0.2) is 53.4 Å². The van der Waals surface area contributed by atoms with Crippen molar-refractivity contribution in [2.45, 2.75) is 39.2 Å². The van der Waals surface area contributed by atoms with Gasteiger partial charge in [0.25, 0.3) is 5.91 Å². The van der Waals surface area contributed by atoms with Crippen molar-refractivity contribution in [2.24, 2.45) is 0 Å². The molecule has 1 unspecified atom stereocenters. The molecule has 0 N–H and O–H groups in total. The molecule has 180 valence electrons. The lowest BCUT2D eigenvalue weighted by molar-refractivity contribution is -0.151. The summed E-state index contributed by atoms with van der Waals surface area (Å²) < 4.78 is 16.9. The molecule has 1 fully saturated rings. The minimum atomic E-state index is -0.937. The minimum Gasteiger partial charge on any atom is -0.493 e. The summed E-state index contributed by atoms with van der Waals surface area (Å²) in [5.74, 6) is 0.400. The summed E-state index contributed by atoms with van der Waals surface area (Å²) in [6.07, 6.45) is 4.96. The van der Waals surface area contributed by atoms with Crippen LogP contribution in [-0.2, 0) is 14.3 Å². The molecule has 2 aromatic carbocycles. The zero-order chi connectivity index (χ0) is 24.5. The standard InChI is InChI=1S/C26H29NO5S2/c1-4-6-10-15-32-20-14-13-18(16-21(20)30-3)17-22-24(28)27(26(33)34-22)23(25(29)31-5-2)19-11-8-7-9-12-19/h7-9,11-14,16-17,23H,4-6,10,15H2,1-3H3/b22-17-. The summed E-state index contributed by atoms with van der Waals surface area (Å²) in [6, 6.07) is 13.6. The number of amides is 1. The van der Waals surface area contributed by atoms with E-state index in [0.717, 1.165) is 36.6 Å². The molecule has 6 nitrogen and oxygen atoms in total. The summed E-state index contributed by atoms with van der Waals surface area (Å²) in [5, 5.41) is 0. The molecule has 1 aliphatic rings. The van der Waals surface area contributed by atoms with Gasteiger partial charge in [-0.3, -0.25) is 9.69 Å². The van der Waals surface area contributed by atoms with Gasteiger partial charge in [-0.2, -0.15) is 0 Å². The molecule has 1 saturated heterocycles. The van der Waals surface area contributed by atoms with Crippen molar-refractivity contribution in [3.05, 3.63) is 64.6 Å². The number of methoxy groups -OCH3 is 1. The fourth-order valence-electron chi connectivity index (χ4n) is 3.53. The van der Waals surface area contributed by atoms with E-state index in [1.807, 2.05) is 36.4 Å². The Balaban J connectivity index is 1.85. The van der Waals surface area contributed by atoms with Crippen molar-refractivity contribution in [1.29, 1.82) is 0 Å². The number of rotatable bonds is 11. The lowest BCUT2D eigenvalue weighted by atomic mass is 10.1. The third-order valence-corrected chi connectivity index (χ3v) is 6.53. The number of thiocarbonyl (C=S) groups is 1. The van der Waals surface area contributed by atoms with E-state index >= 15 is 0 Å². The first kappa shape index (κ1) is 25.8. The highest BCUT2D eigenvalue weighted by atomic mass is 32.2. The molecular formula is C26H29NO5S2. The Labute approximate surface area is 210 Å². The van der Waals surface area contributed by atoms with E-state index in [1.165, 1.54) is 4.90 Å². The Hall–Kier alpha value is -2.84. The summed E-state index contributed by atoms with van der Waals surface area (Å²) in [4.78, 5) is 27.9. The molecule has 34 heavy (non-hydrogen) atoms. The van der Waals surface area contributed by atoms with Crippen molar-refractivity contribution < 1.29 is 23.8 Å². The number of ether oxygens (including phenoxy) is 3. The van der Waals surface area contributed by atoms with E-state index in [2.05, 4.69) is 6.92 Å². The van der Waals surface area contributed by atoms with E-state index in [0.29, 0.717) is 32.9 Å². The van der Waals surface area contributed by atoms with Crippen LogP contribution in [0.3, 0.4) is 0 Å². The average Bonchev–Trinajstić information content (AvgIpc) is 3.11. The Morgan fingerprint density at radius 3 is 2.56 bits per heavy atom. The van der Waals surface area contributed by atoms with Crippen LogP contribution < -0.4 is 9.47 Å². The quantitative estimate of drug-likeness (QED) is 0.168. The Bertz CT molecular complexity index is 1050. The zero-order valence-corrected chi connectivity index (χ0v) is 21.2. The normalized spacial score (nSPS) is 15.5. The molecule has 0 spiro atoms. The SMILES string of the molecule is CCCCCOc1ccc(/C=C2\SC(=S)N(C(C(=O)OCC)c3ccccc3)C2=O)cc1OC. The van der Waals surface area contributed by atoms with Crippen LogP contribution in [-0.4, -0.2) is 41.4 Å². The second-order valence-electron chi connectivity index (χ2n) is 7.58. The average molecular weight is 500 g/mol. The van der Waals surface area contributed by atoms with Gasteiger partial charge in [0.15, 0.2) is 17.5 Å². The van der Waals surface area contributed by atoms with E-state index in [1.54, 1.807) is 32.2 Å². The van der Waals surface area contributed by atoms with Crippen LogP contribution in [0, 0.1) is 0 Å².